The summed E-state index contributed by atoms with van der Waals surface area (Å²) >= 11 is 4.37. The maximum atomic E-state index is 13.5. The van der Waals surface area contributed by atoms with E-state index in [4.69, 9.17) is 0 Å². The van der Waals surface area contributed by atoms with Gasteiger partial charge in [-0.1, -0.05) is 0 Å². The Morgan fingerprint density at radius 3 is 2.41 bits per heavy atom. The Kier molecular flexibility index (Phi) is 3.56. The zero-order valence-electron chi connectivity index (χ0n) is 8.25. The van der Waals surface area contributed by atoms with Crippen molar-refractivity contribution >= 4 is 27.3 Å². The van der Waals surface area contributed by atoms with E-state index in [2.05, 4.69) is 15.9 Å². The minimum atomic E-state index is -1.57. The summed E-state index contributed by atoms with van der Waals surface area (Å²) in [6.45, 7) is 0. The van der Waals surface area contributed by atoms with Gasteiger partial charge in [0, 0.05) is 10.0 Å². The van der Waals surface area contributed by atoms with Crippen LogP contribution in [-0.2, 0) is 0 Å². The lowest BCUT2D eigenvalue weighted by Crippen LogP contribution is -2.04. The van der Waals surface area contributed by atoms with Crippen LogP contribution < -0.4 is 0 Å². The van der Waals surface area contributed by atoms with Gasteiger partial charge in [0.05, 0.1) is 4.88 Å². The van der Waals surface area contributed by atoms with Crippen LogP contribution in [0.4, 0.5) is 13.2 Å². The van der Waals surface area contributed by atoms with Gasteiger partial charge in [0.2, 0.25) is 0 Å². The number of aliphatic hydroxyl groups excluding tert-OH is 1. The van der Waals surface area contributed by atoms with Gasteiger partial charge in [0.15, 0.2) is 17.5 Å². The van der Waals surface area contributed by atoms with Gasteiger partial charge in [-0.05, 0) is 39.5 Å². The molecular weight excluding hydrogens is 317 g/mol. The third-order valence-corrected chi connectivity index (χ3v) is 4.18. The summed E-state index contributed by atoms with van der Waals surface area (Å²) in [5.41, 5.74) is -0.285. The van der Waals surface area contributed by atoms with E-state index in [9.17, 15) is 18.3 Å². The molecule has 90 valence electrons. The number of hydrogen-bond acceptors (Lipinski definition) is 2. The summed E-state index contributed by atoms with van der Waals surface area (Å²) in [5.74, 6) is -4.21. The summed E-state index contributed by atoms with van der Waals surface area (Å²) in [4.78, 5) is 0.440. The zero-order valence-corrected chi connectivity index (χ0v) is 10.7. The highest BCUT2D eigenvalue weighted by molar-refractivity contribution is 9.10. The predicted molar refractivity (Wildman–Crippen MR) is 62.4 cm³/mol. The Hall–Kier alpha value is -0.850. The Bertz CT molecular complexity index is 556. The molecular formula is C11H6BrF3OS. The number of benzene rings is 1. The summed E-state index contributed by atoms with van der Waals surface area (Å²) in [6.07, 6.45) is -1.32. The minimum absolute atomic E-state index is 0.285. The van der Waals surface area contributed by atoms with E-state index in [1.165, 1.54) is 11.3 Å². The zero-order chi connectivity index (χ0) is 12.6. The van der Waals surface area contributed by atoms with E-state index in [1.807, 2.05) is 0 Å². The fourth-order valence-corrected chi connectivity index (χ4v) is 2.99. The molecule has 0 spiro atoms. The van der Waals surface area contributed by atoms with Crippen molar-refractivity contribution in [1.29, 1.82) is 0 Å². The van der Waals surface area contributed by atoms with E-state index in [0.29, 0.717) is 9.35 Å². The SMILES string of the molecule is OC(c1ccc(F)c(F)c1F)c1sccc1Br. The first-order valence-electron chi connectivity index (χ1n) is 4.56. The molecule has 0 saturated heterocycles. The van der Waals surface area contributed by atoms with Gasteiger partial charge >= 0.3 is 0 Å². The molecule has 1 unspecified atom stereocenters. The highest BCUT2D eigenvalue weighted by Gasteiger charge is 2.22. The van der Waals surface area contributed by atoms with Crippen LogP contribution >= 0.6 is 27.3 Å². The lowest BCUT2D eigenvalue weighted by Gasteiger charge is -2.11. The van der Waals surface area contributed by atoms with Crippen LogP contribution in [0.15, 0.2) is 28.1 Å². The van der Waals surface area contributed by atoms with E-state index < -0.39 is 23.6 Å². The smallest absolute Gasteiger partial charge is 0.194 e. The van der Waals surface area contributed by atoms with Crippen molar-refractivity contribution in [2.45, 2.75) is 6.10 Å². The molecule has 1 nitrogen and oxygen atoms in total. The van der Waals surface area contributed by atoms with Crippen LogP contribution in [0.3, 0.4) is 0 Å². The molecule has 0 radical (unpaired) electrons. The van der Waals surface area contributed by atoms with Crippen molar-refractivity contribution in [3.63, 3.8) is 0 Å². The highest BCUT2D eigenvalue weighted by atomic mass is 79.9. The third-order valence-electron chi connectivity index (χ3n) is 2.25. The average Bonchev–Trinajstić information content (AvgIpc) is 2.72. The van der Waals surface area contributed by atoms with Crippen molar-refractivity contribution < 1.29 is 18.3 Å². The van der Waals surface area contributed by atoms with Crippen molar-refractivity contribution in [2.75, 3.05) is 0 Å². The van der Waals surface area contributed by atoms with Crippen LogP contribution in [-0.4, -0.2) is 5.11 Å². The Balaban J connectivity index is 2.48. The maximum Gasteiger partial charge on any atom is 0.194 e. The van der Waals surface area contributed by atoms with Crippen LogP contribution in [0, 0.1) is 17.5 Å². The monoisotopic (exact) mass is 322 g/mol. The molecule has 0 saturated carbocycles. The normalized spacial score (nSPS) is 12.8. The first kappa shape index (κ1) is 12.6. The van der Waals surface area contributed by atoms with Gasteiger partial charge in [0.25, 0.3) is 0 Å². The van der Waals surface area contributed by atoms with Gasteiger partial charge in [-0.25, -0.2) is 13.2 Å². The van der Waals surface area contributed by atoms with Crippen molar-refractivity contribution in [3.05, 3.63) is 55.9 Å². The summed E-state index contributed by atoms with van der Waals surface area (Å²) in [5, 5.41) is 11.6. The van der Waals surface area contributed by atoms with Gasteiger partial charge in [-0.2, -0.15) is 0 Å². The van der Waals surface area contributed by atoms with E-state index in [0.717, 1.165) is 12.1 Å². The van der Waals surface area contributed by atoms with E-state index in [1.54, 1.807) is 11.4 Å². The Morgan fingerprint density at radius 2 is 1.82 bits per heavy atom. The molecule has 1 atom stereocenters. The average molecular weight is 323 g/mol. The second kappa shape index (κ2) is 4.80. The van der Waals surface area contributed by atoms with Crippen molar-refractivity contribution in [2.24, 2.45) is 0 Å². The molecule has 2 aromatic rings. The van der Waals surface area contributed by atoms with Crippen LogP contribution in [0.1, 0.15) is 16.5 Å². The molecule has 6 heteroatoms. The summed E-state index contributed by atoms with van der Waals surface area (Å²) in [6, 6.07) is 3.50. The molecule has 17 heavy (non-hydrogen) atoms. The summed E-state index contributed by atoms with van der Waals surface area (Å²) < 4.78 is 39.8. The molecule has 0 aliphatic heterocycles. The molecule has 1 aromatic heterocycles. The number of hydrogen-bond donors (Lipinski definition) is 1. The molecule has 0 bridgehead atoms. The minimum Gasteiger partial charge on any atom is -0.383 e. The van der Waals surface area contributed by atoms with Crippen LogP contribution in [0.5, 0.6) is 0 Å². The lowest BCUT2D eigenvalue weighted by atomic mass is 10.1. The molecule has 0 fully saturated rings. The van der Waals surface area contributed by atoms with Crippen molar-refractivity contribution in [1.82, 2.24) is 0 Å². The second-order valence-electron chi connectivity index (χ2n) is 3.30. The van der Waals surface area contributed by atoms with Crippen LogP contribution in [0.2, 0.25) is 0 Å². The molecule has 0 aliphatic carbocycles. The Morgan fingerprint density at radius 1 is 1.12 bits per heavy atom. The summed E-state index contributed by atoms with van der Waals surface area (Å²) in [7, 11) is 0. The standard InChI is InChI=1S/C11H6BrF3OS/c12-6-3-4-17-11(6)10(16)5-1-2-7(13)9(15)8(5)14/h1-4,10,16H. The Labute approximate surface area is 108 Å². The topological polar surface area (TPSA) is 20.2 Å². The van der Waals surface area contributed by atoms with Gasteiger partial charge in [0.1, 0.15) is 6.10 Å². The van der Waals surface area contributed by atoms with Crippen molar-refractivity contribution in [3.8, 4) is 0 Å². The fraction of sp³-hybridized carbons (Fsp3) is 0.0909. The van der Waals surface area contributed by atoms with Crippen LogP contribution in [0.25, 0.3) is 0 Å². The quantitative estimate of drug-likeness (QED) is 0.828. The van der Waals surface area contributed by atoms with Gasteiger partial charge in [-0.3, -0.25) is 0 Å². The number of thiophene rings is 1. The molecule has 0 aliphatic rings. The molecule has 1 aromatic carbocycles. The molecule has 1 heterocycles. The highest BCUT2D eigenvalue weighted by Crippen LogP contribution is 2.34. The predicted octanol–water partition coefficient (Wildman–Crippen LogP) is 4.01. The van der Waals surface area contributed by atoms with E-state index >= 15 is 0 Å². The number of halogens is 4. The van der Waals surface area contributed by atoms with E-state index in [-0.39, 0.29) is 5.56 Å². The van der Waals surface area contributed by atoms with Gasteiger partial charge < -0.3 is 5.11 Å². The first-order chi connectivity index (χ1) is 8.02. The van der Waals surface area contributed by atoms with Gasteiger partial charge in [-0.15, -0.1) is 11.3 Å². The number of aliphatic hydroxyl groups is 1. The number of rotatable bonds is 2. The third kappa shape index (κ3) is 2.25. The fourth-order valence-electron chi connectivity index (χ4n) is 1.39. The molecule has 0 amide bonds. The second-order valence-corrected chi connectivity index (χ2v) is 5.10. The molecule has 2 rings (SSSR count). The lowest BCUT2D eigenvalue weighted by molar-refractivity contribution is 0.215. The largest absolute Gasteiger partial charge is 0.383 e. The maximum absolute atomic E-state index is 13.5. The molecule has 1 N–H and O–H groups in total. The first-order valence-corrected chi connectivity index (χ1v) is 6.24.